The lowest BCUT2D eigenvalue weighted by molar-refractivity contribution is 0.573. The Balaban J connectivity index is 1.82. The lowest BCUT2D eigenvalue weighted by Crippen LogP contribution is -2.08. The van der Waals surface area contributed by atoms with Crippen LogP contribution in [-0.4, -0.2) is 16.5 Å². The van der Waals surface area contributed by atoms with E-state index in [-0.39, 0.29) is 0 Å². The van der Waals surface area contributed by atoms with E-state index in [9.17, 15) is 0 Å². The van der Waals surface area contributed by atoms with Crippen molar-refractivity contribution in [2.45, 2.75) is 20.3 Å². The zero-order valence-corrected chi connectivity index (χ0v) is 8.12. The van der Waals surface area contributed by atoms with Crippen LogP contribution in [0.1, 0.15) is 20.3 Å². The van der Waals surface area contributed by atoms with E-state index >= 15 is 0 Å². The maximum absolute atomic E-state index is 4.10. The summed E-state index contributed by atoms with van der Waals surface area (Å²) in [5, 5.41) is 3.31. The van der Waals surface area contributed by atoms with Crippen LogP contribution in [0.3, 0.4) is 0 Å². The first kappa shape index (κ1) is 8.48. The van der Waals surface area contributed by atoms with Crippen molar-refractivity contribution in [3.05, 3.63) is 18.6 Å². The fourth-order valence-electron chi connectivity index (χ4n) is 1.55. The van der Waals surface area contributed by atoms with Gasteiger partial charge in [0, 0.05) is 12.7 Å². The van der Waals surface area contributed by atoms with Crippen molar-refractivity contribution in [1.29, 1.82) is 0 Å². The van der Waals surface area contributed by atoms with Crippen LogP contribution >= 0.6 is 0 Å². The van der Waals surface area contributed by atoms with Crippen LogP contribution in [0.15, 0.2) is 18.6 Å². The Hall–Kier alpha value is -1.12. The monoisotopic (exact) mass is 177 g/mol. The van der Waals surface area contributed by atoms with Gasteiger partial charge in [0.15, 0.2) is 0 Å². The van der Waals surface area contributed by atoms with E-state index in [1.165, 1.54) is 6.42 Å². The molecule has 1 atom stereocenters. The number of nitrogens with zero attached hydrogens (tertiary/aromatic N) is 2. The lowest BCUT2D eigenvalue weighted by atomic mass is 10.1. The number of rotatable bonds is 3. The predicted molar refractivity (Wildman–Crippen MR) is 52.4 cm³/mol. The van der Waals surface area contributed by atoms with E-state index in [2.05, 4.69) is 29.1 Å². The molecule has 1 aliphatic rings. The number of nitrogens with one attached hydrogen (secondary N) is 1. The number of hydrogen-bond donors (Lipinski definition) is 1. The molecule has 0 bridgehead atoms. The highest BCUT2D eigenvalue weighted by Crippen LogP contribution is 2.51. The van der Waals surface area contributed by atoms with Gasteiger partial charge >= 0.3 is 0 Å². The van der Waals surface area contributed by atoms with E-state index in [1.807, 2.05) is 6.07 Å². The third-order valence-electron chi connectivity index (χ3n) is 2.83. The summed E-state index contributed by atoms with van der Waals surface area (Å²) in [5.41, 5.74) is 0.542. The van der Waals surface area contributed by atoms with Crippen molar-refractivity contribution in [2.24, 2.45) is 11.3 Å². The Morgan fingerprint density at radius 3 is 2.92 bits per heavy atom. The minimum Gasteiger partial charge on any atom is -0.370 e. The highest BCUT2D eigenvalue weighted by Gasteiger charge is 2.44. The Morgan fingerprint density at radius 2 is 2.38 bits per heavy atom. The average Bonchev–Trinajstić information content (AvgIpc) is 2.73. The number of aromatic nitrogens is 2. The second-order valence-corrected chi connectivity index (χ2v) is 4.37. The van der Waals surface area contributed by atoms with E-state index in [0.29, 0.717) is 5.41 Å². The van der Waals surface area contributed by atoms with Crippen molar-refractivity contribution in [3.63, 3.8) is 0 Å². The molecule has 1 aromatic heterocycles. The molecule has 1 N–H and O–H groups in total. The summed E-state index contributed by atoms with van der Waals surface area (Å²) in [6.07, 6.45) is 4.65. The summed E-state index contributed by atoms with van der Waals surface area (Å²) >= 11 is 0. The maximum atomic E-state index is 4.10. The maximum Gasteiger partial charge on any atom is 0.129 e. The molecule has 0 aromatic carbocycles. The van der Waals surface area contributed by atoms with Gasteiger partial charge < -0.3 is 5.32 Å². The summed E-state index contributed by atoms with van der Waals surface area (Å²) in [5.74, 6) is 1.74. The molecule has 1 heterocycles. The van der Waals surface area contributed by atoms with Gasteiger partial charge in [-0.25, -0.2) is 9.97 Å². The highest BCUT2D eigenvalue weighted by molar-refractivity contribution is 5.32. The summed E-state index contributed by atoms with van der Waals surface area (Å²) < 4.78 is 0. The fourth-order valence-corrected chi connectivity index (χ4v) is 1.55. The van der Waals surface area contributed by atoms with Crippen molar-refractivity contribution in [1.82, 2.24) is 9.97 Å². The lowest BCUT2D eigenvalue weighted by Gasteiger charge is -2.05. The van der Waals surface area contributed by atoms with Crippen LogP contribution in [0.25, 0.3) is 0 Å². The van der Waals surface area contributed by atoms with Crippen LogP contribution in [0, 0.1) is 11.3 Å². The fraction of sp³-hybridized carbons (Fsp3) is 0.600. The SMILES string of the molecule is CC1(C)CC1CNc1ccncn1. The Morgan fingerprint density at radius 1 is 1.62 bits per heavy atom. The summed E-state index contributed by atoms with van der Waals surface area (Å²) in [4.78, 5) is 7.97. The van der Waals surface area contributed by atoms with Crippen LogP contribution in [0.4, 0.5) is 5.82 Å². The van der Waals surface area contributed by atoms with Gasteiger partial charge in [0.05, 0.1) is 0 Å². The first-order valence-corrected chi connectivity index (χ1v) is 4.68. The van der Waals surface area contributed by atoms with Crippen LogP contribution in [0.2, 0.25) is 0 Å². The molecule has 13 heavy (non-hydrogen) atoms. The third kappa shape index (κ3) is 1.97. The zero-order chi connectivity index (χ0) is 9.31. The van der Waals surface area contributed by atoms with Crippen molar-refractivity contribution < 1.29 is 0 Å². The van der Waals surface area contributed by atoms with Gasteiger partial charge in [0.1, 0.15) is 12.1 Å². The molecule has 1 aliphatic carbocycles. The van der Waals surface area contributed by atoms with Gasteiger partial charge in [-0.3, -0.25) is 0 Å². The molecule has 1 aromatic rings. The zero-order valence-electron chi connectivity index (χ0n) is 8.12. The normalized spacial score (nSPS) is 24.0. The predicted octanol–water partition coefficient (Wildman–Crippen LogP) is 1.93. The van der Waals surface area contributed by atoms with Crippen molar-refractivity contribution >= 4 is 5.82 Å². The Kier molecular flexibility index (Phi) is 1.94. The van der Waals surface area contributed by atoms with Gasteiger partial charge in [-0.15, -0.1) is 0 Å². The molecule has 0 radical (unpaired) electrons. The van der Waals surface area contributed by atoms with Crippen molar-refractivity contribution in [3.8, 4) is 0 Å². The molecule has 0 aliphatic heterocycles. The molecule has 1 fully saturated rings. The molecule has 2 rings (SSSR count). The quantitative estimate of drug-likeness (QED) is 0.766. The molecule has 0 spiro atoms. The third-order valence-corrected chi connectivity index (χ3v) is 2.83. The standard InChI is InChI=1S/C10H15N3/c1-10(2)5-8(10)6-12-9-3-4-11-7-13-9/h3-4,7-8H,5-6H2,1-2H3,(H,11,12,13). The summed E-state index contributed by atoms with van der Waals surface area (Å²) in [6.45, 7) is 5.64. The van der Waals surface area contributed by atoms with E-state index in [4.69, 9.17) is 0 Å². The second-order valence-electron chi connectivity index (χ2n) is 4.37. The van der Waals surface area contributed by atoms with Gasteiger partial charge in [-0.1, -0.05) is 13.8 Å². The van der Waals surface area contributed by atoms with Crippen LogP contribution in [0.5, 0.6) is 0 Å². The van der Waals surface area contributed by atoms with Crippen molar-refractivity contribution in [2.75, 3.05) is 11.9 Å². The molecule has 1 unspecified atom stereocenters. The number of anilines is 1. The van der Waals surface area contributed by atoms with E-state index in [1.54, 1.807) is 12.5 Å². The minimum absolute atomic E-state index is 0.542. The smallest absolute Gasteiger partial charge is 0.129 e. The Labute approximate surface area is 78.6 Å². The molecular weight excluding hydrogens is 162 g/mol. The van der Waals surface area contributed by atoms with E-state index in [0.717, 1.165) is 18.3 Å². The molecule has 70 valence electrons. The van der Waals surface area contributed by atoms with Crippen LogP contribution < -0.4 is 5.32 Å². The average molecular weight is 177 g/mol. The second kappa shape index (κ2) is 2.98. The molecule has 3 nitrogen and oxygen atoms in total. The molecule has 0 amide bonds. The summed E-state index contributed by atoms with van der Waals surface area (Å²) in [6, 6.07) is 1.90. The first-order valence-electron chi connectivity index (χ1n) is 4.68. The van der Waals surface area contributed by atoms with E-state index < -0.39 is 0 Å². The molecule has 3 heteroatoms. The van der Waals surface area contributed by atoms with Gasteiger partial charge in [-0.2, -0.15) is 0 Å². The molecular formula is C10H15N3. The number of hydrogen-bond acceptors (Lipinski definition) is 3. The Bertz CT molecular complexity index is 281. The minimum atomic E-state index is 0.542. The van der Waals surface area contributed by atoms with Gasteiger partial charge in [0.25, 0.3) is 0 Å². The highest BCUT2D eigenvalue weighted by atomic mass is 15.0. The largest absolute Gasteiger partial charge is 0.370 e. The molecule has 0 saturated heterocycles. The first-order chi connectivity index (χ1) is 6.18. The summed E-state index contributed by atoms with van der Waals surface area (Å²) in [7, 11) is 0. The van der Waals surface area contributed by atoms with Crippen LogP contribution in [-0.2, 0) is 0 Å². The van der Waals surface area contributed by atoms with Gasteiger partial charge in [0.2, 0.25) is 0 Å². The molecule has 1 saturated carbocycles. The van der Waals surface area contributed by atoms with Gasteiger partial charge in [-0.05, 0) is 23.8 Å². The topological polar surface area (TPSA) is 37.8 Å².